The number of carbonyl (C=O) groups excluding carboxylic acids is 2. The summed E-state index contributed by atoms with van der Waals surface area (Å²) in [7, 11) is 0. The van der Waals surface area contributed by atoms with E-state index in [2.05, 4.69) is 34.9 Å². The predicted molar refractivity (Wildman–Crippen MR) is 121 cm³/mol. The van der Waals surface area contributed by atoms with Crippen molar-refractivity contribution >= 4 is 22.6 Å². The number of amides is 2. The van der Waals surface area contributed by atoms with Gasteiger partial charge < -0.3 is 10.6 Å². The SMILES string of the molecule is CCN(CC(=O)NCc1ccc(F)cc1)CC(=O)N[C@@H](C)c1ccc2ccccc2c1. The first-order valence-electron chi connectivity index (χ1n) is 10.5. The fourth-order valence-electron chi connectivity index (χ4n) is 3.39. The summed E-state index contributed by atoms with van der Waals surface area (Å²) >= 11 is 0. The minimum atomic E-state index is -0.309. The van der Waals surface area contributed by atoms with Gasteiger partial charge in [0.2, 0.25) is 11.8 Å². The molecule has 3 aromatic rings. The zero-order valence-corrected chi connectivity index (χ0v) is 17.9. The highest BCUT2D eigenvalue weighted by Gasteiger charge is 2.15. The van der Waals surface area contributed by atoms with Crippen LogP contribution in [0.4, 0.5) is 4.39 Å². The van der Waals surface area contributed by atoms with Crippen molar-refractivity contribution in [1.82, 2.24) is 15.5 Å². The van der Waals surface area contributed by atoms with Gasteiger partial charge in [0.1, 0.15) is 5.82 Å². The van der Waals surface area contributed by atoms with Crippen LogP contribution < -0.4 is 10.6 Å². The van der Waals surface area contributed by atoms with Crippen LogP contribution in [0.2, 0.25) is 0 Å². The average molecular weight is 422 g/mol. The van der Waals surface area contributed by atoms with Gasteiger partial charge in [0.15, 0.2) is 0 Å². The molecule has 0 saturated carbocycles. The quantitative estimate of drug-likeness (QED) is 0.553. The van der Waals surface area contributed by atoms with Crippen molar-refractivity contribution in [1.29, 1.82) is 0 Å². The monoisotopic (exact) mass is 421 g/mol. The number of benzene rings is 3. The van der Waals surface area contributed by atoms with Crippen molar-refractivity contribution in [3.63, 3.8) is 0 Å². The third kappa shape index (κ3) is 6.62. The van der Waals surface area contributed by atoms with Gasteiger partial charge >= 0.3 is 0 Å². The number of rotatable bonds is 9. The van der Waals surface area contributed by atoms with E-state index in [4.69, 9.17) is 0 Å². The van der Waals surface area contributed by atoms with Crippen LogP contribution in [-0.4, -0.2) is 36.3 Å². The average Bonchev–Trinajstić information content (AvgIpc) is 2.77. The Kier molecular flexibility index (Phi) is 7.73. The van der Waals surface area contributed by atoms with E-state index in [0.717, 1.165) is 21.9 Å². The van der Waals surface area contributed by atoms with Crippen molar-refractivity contribution in [3.05, 3.63) is 83.7 Å². The Balaban J connectivity index is 1.48. The van der Waals surface area contributed by atoms with Crippen molar-refractivity contribution in [2.24, 2.45) is 0 Å². The molecule has 0 heterocycles. The van der Waals surface area contributed by atoms with Gasteiger partial charge in [-0.25, -0.2) is 4.39 Å². The highest BCUT2D eigenvalue weighted by Crippen LogP contribution is 2.20. The smallest absolute Gasteiger partial charge is 0.234 e. The molecule has 0 spiro atoms. The lowest BCUT2D eigenvalue weighted by Gasteiger charge is -2.21. The van der Waals surface area contributed by atoms with Crippen molar-refractivity contribution in [3.8, 4) is 0 Å². The van der Waals surface area contributed by atoms with E-state index in [9.17, 15) is 14.0 Å². The second-order valence-corrected chi connectivity index (χ2v) is 7.60. The predicted octanol–water partition coefficient (Wildman–Crippen LogP) is 3.79. The summed E-state index contributed by atoms with van der Waals surface area (Å²) in [5.41, 5.74) is 1.85. The van der Waals surface area contributed by atoms with Crippen LogP contribution in [0, 0.1) is 5.82 Å². The molecule has 3 aromatic carbocycles. The number of likely N-dealkylation sites (N-methyl/N-ethyl adjacent to an activating group) is 1. The lowest BCUT2D eigenvalue weighted by atomic mass is 10.0. The van der Waals surface area contributed by atoms with Gasteiger partial charge in [-0.3, -0.25) is 14.5 Å². The van der Waals surface area contributed by atoms with Gasteiger partial charge in [0, 0.05) is 6.54 Å². The van der Waals surface area contributed by atoms with Crippen LogP contribution in [0.5, 0.6) is 0 Å². The summed E-state index contributed by atoms with van der Waals surface area (Å²) in [6.07, 6.45) is 0. The summed E-state index contributed by atoms with van der Waals surface area (Å²) < 4.78 is 13.0. The second kappa shape index (κ2) is 10.7. The molecule has 0 radical (unpaired) electrons. The number of halogens is 1. The summed E-state index contributed by atoms with van der Waals surface area (Å²) in [6.45, 7) is 5.01. The van der Waals surface area contributed by atoms with E-state index in [1.165, 1.54) is 12.1 Å². The van der Waals surface area contributed by atoms with E-state index in [1.54, 1.807) is 17.0 Å². The summed E-state index contributed by atoms with van der Waals surface area (Å²) in [6, 6.07) is 20.1. The van der Waals surface area contributed by atoms with E-state index in [0.29, 0.717) is 13.1 Å². The van der Waals surface area contributed by atoms with Gasteiger partial charge in [0.05, 0.1) is 19.1 Å². The molecule has 6 heteroatoms. The summed E-state index contributed by atoms with van der Waals surface area (Å²) in [4.78, 5) is 26.6. The van der Waals surface area contributed by atoms with Crippen LogP contribution in [-0.2, 0) is 16.1 Å². The number of carbonyl (C=O) groups is 2. The van der Waals surface area contributed by atoms with E-state index < -0.39 is 0 Å². The Morgan fingerprint density at radius 2 is 1.61 bits per heavy atom. The molecule has 0 saturated heterocycles. The fourth-order valence-corrected chi connectivity index (χ4v) is 3.39. The molecule has 5 nitrogen and oxygen atoms in total. The molecule has 1 atom stereocenters. The molecule has 31 heavy (non-hydrogen) atoms. The van der Waals surface area contributed by atoms with Crippen LogP contribution >= 0.6 is 0 Å². The first kappa shape index (κ1) is 22.4. The highest BCUT2D eigenvalue weighted by molar-refractivity contribution is 5.84. The molecule has 0 aromatic heterocycles. The molecular weight excluding hydrogens is 393 g/mol. The zero-order chi connectivity index (χ0) is 22.2. The Hall–Kier alpha value is -3.25. The lowest BCUT2D eigenvalue weighted by Crippen LogP contribution is -2.43. The standard InChI is InChI=1S/C25H28FN3O2/c1-3-29(16-24(30)27-15-19-8-12-23(26)13-9-19)17-25(31)28-18(2)21-11-10-20-6-4-5-7-22(20)14-21/h4-14,18H,3,15-17H2,1-2H3,(H,27,30)(H,28,31)/t18-/m0/s1. The summed E-state index contributed by atoms with van der Waals surface area (Å²) in [5, 5.41) is 8.11. The maximum Gasteiger partial charge on any atom is 0.234 e. The zero-order valence-electron chi connectivity index (χ0n) is 17.9. The molecule has 2 amide bonds. The minimum absolute atomic E-state index is 0.121. The Morgan fingerprint density at radius 1 is 0.935 bits per heavy atom. The third-order valence-electron chi connectivity index (χ3n) is 5.24. The molecule has 0 fully saturated rings. The molecule has 0 aliphatic heterocycles. The number of fused-ring (bicyclic) bond motifs is 1. The topological polar surface area (TPSA) is 61.4 Å². The van der Waals surface area contributed by atoms with Crippen LogP contribution in [0.15, 0.2) is 66.7 Å². The molecule has 3 rings (SSSR count). The number of nitrogens with one attached hydrogen (secondary N) is 2. The number of nitrogens with zero attached hydrogens (tertiary/aromatic N) is 1. The summed E-state index contributed by atoms with van der Waals surface area (Å²) in [5.74, 6) is -0.619. The molecule has 0 bridgehead atoms. The molecule has 0 aliphatic rings. The Bertz CT molecular complexity index is 1040. The second-order valence-electron chi connectivity index (χ2n) is 7.60. The van der Waals surface area contributed by atoms with Gasteiger partial charge in [-0.15, -0.1) is 0 Å². The number of hydrogen-bond donors (Lipinski definition) is 2. The first-order valence-corrected chi connectivity index (χ1v) is 10.5. The van der Waals surface area contributed by atoms with E-state index in [-0.39, 0.29) is 36.8 Å². The van der Waals surface area contributed by atoms with Gasteiger partial charge in [-0.05, 0) is 53.6 Å². The molecule has 2 N–H and O–H groups in total. The van der Waals surface area contributed by atoms with Crippen molar-refractivity contribution in [2.75, 3.05) is 19.6 Å². The van der Waals surface area contributed by atoms with Crippen LogP contribution in [0.1, 0.15) is 31.0 Å². The van der Waals surface area contributed by atoms with Crippen LogP contribution in [0.25, 0.3) is 10.8 Å². The normalized spacial score (nSPS) is 12.0. The first-order chi connectivity index (χ1) is 14.9. The maximum atomic E-state index is 13.0. The molecule has 162 valence electrons. The fraction of sp³-hybridized carbons (Fsp3) is 0.280. The van der Waals surface area contributed by atoms with E-state index >= 15 is 0 Å². The molecule has 0 aliphatic carbocycles. The van der Waals surface area contributed by atoms with Gasteiger partial charge in [-0.2, -0.15) is 0 Å². The third-order valence-corrected chi connectivity index (χ3v) is 5.24. The van der Waals surface area contributed by atoms with Gasteiger partial charge in [0.25, 0.3) is 0 Å². The Morgan fingerprint density at radius 3 is 2.32 bits per heavy atom. The minimum Gasteiger partial charge on any atom is -0.351 e. The highest BCUT2D eigenvalue weighted by atomic mass is 19.1. The van der Waals surface area contributed by atoms with Gasteiger partial charge in [-0.1, -0.05) is 55.5 Å². The largest absolute Gasteiger partial charge is 0.351 e. The number of hydrogen-bond acceptors (Lipinski definition) is 3. The molecular formula is C25H28FN3O2. The van der Waals surface area contributed by atoms with Crippen molar-refractivity contribution in [2.45, 2.75) is 26.4 Å². The maximum absolute atomic E-state index is 13.0. The lowest BCUT2D eigenvalue weighted by molar-refractivity contribution is -0.125. The Labute approximate surface area is 182 Å². The van der Waals surface area contributed by atoms with Crippen LogP contribution in [0.3, 0.4) is 0 Å². The van der Waals surface area contributed by atoms with E-state index in [1.807, 2.05) is 32.0 Å². The molecule has 0 unspecified atom stereocenters. The van der Waals surface area contributed by atoms with Crippen molar-refractivity contribution < 1.29 is 14.0 Å².